The molecule has 0 aromatic heterocycles. The van der Waals surface area contributed by atoms with Crippen molar-refractivity contribution in [2.24, 2.45) is 0 Å². The van der Waals surface area contributed by atoms with Crippen LogP contribution in [0.15, 0.2) is 48.7 Å². The molecule has 2 aromatic carbocycles. The molecule has 4 heteroatoms. The topological polar surface area (TPSA) is 41.1 Å². The van der Waals surface area contributed by atoms with Crippen LogP contribution in [-0.2, 0) is 12.8 Å². The first-order valence-corrected chi connectivity index (χ1v) is 8.12. The smallest absolute Gasteiger partial charge is 0.314 e. The zero-order chi connectivity index (χ0) is 16.7. The Morgan fingerprint density at radius 1 is 1.09 bits per heavy atom. The van der Waals surface area contributed by atoms with E-state index in [4.69, 9.17) is 11.6 Å². The Labute approximate surface area is 142 Å². The van der Waals surface area contributed by atoms with Crippen molar-refractivity contribution in [2.45, 2.75) is 26.7 Å². The highest BCUT2D eigenvalue weighted by molar-refractivity contribution is 6.30. The molecule has 2 rings (SSSR count). The molecule has 0 heterocycles. The average Bonchev–Trinajstić information content (AvgIpc) is 2.55. The van der Waals surface area contributed by atoms with Gasteiger partial charge in [0.25, 0.3) is 0 Å². The van der Waals surface area contributed by atoms with Crippen LogP contribution in [0.25, 0.3) is 6.08 Å². The Balaban J connectivity index is 2.03. The normalized spacial score (nSPS) is 10.7. The van der Waals surface area contributed by atoms with Gasteiger partial charge in [0.1, 0.15) is 0 Å². The second-order valence-electron chi connectivity index (χ2n) is 5.15. The number of aryl methyl sites for hydroxylation is 2. The van der Waals surface area contributed by atoms with E-state index in [2.05, 4.69) is 24.5 Å². The van der Waals surface area contributed by atoms with Crippen LogP contribution < -0.4 is 10.6 Å². The third-order valence-corrected chi connectivity index (χ3v) is 3.81. The van der Waals surface area contributed by atoms with Crippen LogP contribution in [0.3, 0.4) is 0 Å². The Kier molecular flexibility index (Phi) is 6.24. The lowest BCUT2D eigenvalue weighted by molar-refractivity contribution is 0.255. The van der Waals surface area contributed by atoms with Gasteiger partial charge in [-0.1, -0.05) is 55.8 Å². The van der Waals surface area contributed by atoms with Crippen LogP contribution in [0.2, 0.25) is 5.02 Å². The summed E-state index contributed by atoms with van der Waals surface area (Å²) in [6.45, 7) is 4.16. The third kappa shape index (κ3) is 4.86. The van der Waals surface area contributed by atoms with Crippen LogP contribution in [0.1, 0.15) is 30.5 Å². The minimum absolute atomic E-state index is 0.251. The van der Waals surface area contributed by atoms with Crippen LogP contribution in [0, 0.1) is 0 Å². The number of urea groups is 1. The number of amides is 2. The van der Waals surface area contributed by atoms with Crippen molar-refractivity contribution < 1.29 is 4.79 Å². The highest BCUT2D eigenvalue weighted by atomic mass is 35.5. The van der Waals surface area contributed by atoms with E-state index >= 15 is 0 Å². The molecule has 3 nitrogen and oxygen atoms in total. The van der Waals surface area contributed by atoms with Gasteiger partial charge < -0.3 is 10.6 Å². The number of anilines is 1. The summed E-state index contributed by atoms with van der Waals surface area (Å²) in [5.74, 6) is 0. The van der Waals surface area contributed by atoms with E-state index in [0.29, 0.717) is 5.02 Å². The van der Waals surface area contributed by atoms with E-state index in [9.17, 15) is 4.79 Å². The molecule has 0 radical (unpaired) electrons. The van der Waals surface area contributed by atoms with E-state index in [1.165, 1.54) is 0 Å². The van der Waals surface area contributed by atoms with E-state index in [1.807, 2.05) is 42.5 Å². The van der Waals surface area contributed by atoms with Crippen LogP contribution in [0.4, 0.5) is 10.5 Å². The predicted molar refractivity (Wildman–Crippen MR) is 97.8 cm³/mol. The largest absolute Gasteiger partial charge is 0.323 e. The van der Waals surface area contributed by atoms with Crippen molar-refractivity contribution in [2.75, 3.05) is 5.32 Å². The monoisotopic (exact) mass is 328 g/mol. The van der Waals surface area contributed by atoms with Gasteiger partial charge in [0, 0.05) is 16.9 Å². The van der Waals surface area contributed by atoms with Gasteiger partial charge in [-0.25, -0.2) is 4.79 Å². The van der Waals surface area contributed by atoms with Gasteiger partial charge >= 0.3 is 6.03 Å². The van der Waals surface area contributed by atoms with Crippen molar-refractivity contribution in [3.05, 3.63) is 70.4 Å². The maximum Gasteiger partial charge on any atom is 0.323 e. The van der Waals surface area contributed by atoms with Gasteiger partial charge in [0.05, 0.1) is 0 Å². The summed E-state index contributed by atoms with van der Waals surface area (Å²) < 4.78 is 0. The zero-order valence-electron chi connectivity index (χ0n) is 13.4. The Morgan fingerprint density at radius 3 is 2.35 bits per heavy atom. The Hall–Kier alpha value is -2.26. The van der Waals surface area contributed by atoms with E-state index in [1.54, 1.807) is 12.3 Å². The van der Waals surface area contributed by atoms with Crippen molar-refractivity contribution in [3.63, 3.8) is 0 Å². The molecule has 0 spiro atoms. The van der Waals surface area contributed by atoms with Crippen molar-refractivity contribution in [1.82, 2.24) is 5.32 Å². The minimum Gasteiger partial charge on any atom is -0.314 e. The number of carbonyl (C=O) groups is 1. The fourth-order valence-electron chi connectivity index (χ4n) is 2.38. The highest BCUT2D eigenvalue weighted by Gasteiger charge is 2.08. The molecule has 0 saturated heterocycles. The molecule has 2 aromatic rings. The lowest BCUT2D eigenvalue weighted by Gasteiger charge is -2.14. The van der Waals surface area contributed by atoms with E-state index in [0.717, 1.165) is 35.2 Å². The molecule has 120 valence electrons. The molecular formula is C19H21ClN2O. The molecule has 0 bridgehead atoms. The number of nitrogens with one attached hydrogen (secondary N) is 2. The SMILES string of the molecule is CCc1cccc(CC)c1NC(=O)N/C=C/c1cccc(Cl)c1. The second-order valence-corrected chi connectivity index (χ2v) is 5.58. The quantitative estimate of drug-likeness (QED) is 0.772. The summed E-state index contributed by atoms with van der Waals surface area (Å²) >= 11 is 5.93. The third-order valence-electron chi connectivity index (χ3n) is 3.58. The fraction of sp³-hybridized carbons (Fsp3) is 0.211. The van der Waals surface area contributed by atoms with Crippen LogP contribution >= 0.6 is 11.6 Å². The Morgan fingerprint density at radius 2 is 1.74 bits per heavy atom. The second kappa shape index (κ2) is 8.39. The van der Waals surface area contributed by atoms with Gasteiger partial charge in [-0.05, 0) is 47.7 Å². The number of benzene rings is 2. The van der Waals surface area contributed by atoms with E-state index in [-0.39, 0.29) is 6.03 Å². The molecule has 0 aliphatic heterocycles. The standard InChI is InChI=1S/C19H21ClN2O/c1-3-15-8-6-9-16(4-2)18(15)22-19(23)21-12-11-14-7-5-10-17(20)13-14/h5-13H,3-4H2,1-2H3,(H2,21,22,23)/b12-11+. The maximum atomic E-state index is 12.1. The van der Waals surface area contributed by atoms with Gasteiger partial charge in [-0.2, -0.15) is 0 Å². The lowest BCUT2D eigenvalue weighted by atomic mass is 10.0. The average molecular weight is 329 g/mol. The van der Waals surface area contributed by atoms with Crippen LogP contribution in [-0.4, -0.2) is 6.03 Å². The van der Waals surface area contributed by atoms with Gasteiger partial charge in [-0.15, -0.1) is 0 Å². The molecule has 2 N–H and O–H groups in total. The van der Waals surface area contributed by atoms with Gasteiger partial charge in [0.15, 0.2) is 0 Å². The summed E-state index contributed by atoms with van der Waals surface area (Å²) in [7, 11) is 0. The number of rotatable bonds is 5. The molecule has 0 aliphatic rings. The fourth-order valence-corrected chi connectivity index (χ4v) is 2.58. The molecule has 0 fully saturated rings. The molecule has 0 unspecified atom stereocenters. The first kappa shape index (κ1) is 17.1. The van der Waals surface area contributed by atoms with Crippen molar-refractivity contribution in [3.8, 4) is 0 Å². The van der Waals surface area contributed by atoms with Gasteiger partial charge in [-0.3, -0.25) is 0 Å². The van der Waals surface area contributed by atoms with E-state index < -0.39 is 0 Å². The summed E-state index contributed by atoms with van der Waals surface area (Å²) in [4.78, 5) is 12.1. The van der Waals surface area contributed by atoms with Gasteiger partial charge in [0.2, 0.25) is 0 Å². The molecule has 0 aliphatic carbocycles. The Bertz CT molecular complexity index is 688. The minimum atomic E-state index is -0.251. The molecular weight excluding hydrogens is 308 g/mol. The summed E-state index contributed by atoms with van der Waals surface area (Å²) in [5, 5.41) is 6.35. The molecule has 0 saturated carbocycles. The first-order chi connectivity index (χ1) is 11.1. The first-order valence-electron chi connectivity index (χ1n) is 7.74. The van der Waals surface area contributed by atoms with Crippen molar-refractivity contribution >= 4 is 29.4 Å². The summed E-state index contributed by atoms with van der Waals surface area (Å²) in [6, 6.07) is 13.3. The molecule has 23 heavy (non-hydrogen) atoms. The number of hydrogen-bond acceptors (Lipinski definition) is 1. The highest BCUT2D eigenvalue weighted by Crippen LogP contribution is 2.22. The maximum absolute atomic E-state index is 12.1. The molecule has 0 atom stereocenters. The number of hydrogen-bond donors (Lipinski definition) is 2. The zero-order valence-corrected chi connectivity index (χ0v) is 14.2. The van der Waals surface area contributed by atoms with Crippen molar-refractivity contribution in [1.29, 1.82) is 0 Å². The number of carbonyl (C=O) groups excluding carboxylic acids is 1. The lowest BCUT2D eigenvalue weighted by Crippen LogP contribution is -2.25. The number of halogens is 1. The summed E-state index contributed by atoms with van der Waals surface area (Å²) in [6.07, 6.45) is 5.17. The summed E-state index contributed by atoms with van der Waals surface area (Å²) in [5.41, 5.74) is 4.11. The number of para-hydroxylation sites is 1. The predicted octanol–water partition coefficient (Wildman–Crippen LogP) is 5.26. The van der Waals surface area contributed by atoms with Crippen LogP contribution in [0.5, 0.6) is 0 Å². The molecule has 2 amide bonds.